The summed E-state index contributed by atoms with van der Waals surface area (Å²) in [6.45, 7) is 4.03. The highest BCUT2D eigenvalue weighted by atomic mass is 16.1. The van der Waals surface area contributed by atoms with Crippen molar-refractivity contribution in [2.45, 2.75) is 64.5 Å². The fourth-order valence-electron chi connectivity index (χ4n) is 2.77. The van der Waals surface area contributed by atoms with E-state index in [2.05, 4.69) is 5.10 Å². The first-order valence-electron chi connectivity index (χ1n) is 6.96. The van der Waals surface area contributed by atoms with E-state index < -0.39 is 0 Å². The van der Waals surface area contributed by atoms with Crippen LogP contribution in [-0.2, 0) is 0 Å². The van der Waals surface area contributed by atoms with E-state index in [0.29, 0.717) is 18.5 Å². The van der Waals surface area contributed by atoms with Crippen LogP contribution in [0.1, 0.15) is 67.5 Å². The van der Waals surface area contributed by atoms with Gasteiger partial charge in [0.25, 0.3) is 0 Å². The van der Waals surface area contributed by atoms with Crippen LogP contribution < -0.4 is 5.73 Å². The quantitative estimate of drug-likeness (QED) is 0.834. The third-order valence-electron chi connectivity index (χ3n) is 3.91. The SMILES string of the molecule is CCCC(=O)c1cnn([C@H]2CC[C@H](N)CC2)c1C. The lowest BCUT2D eigenvalue weighted by Gasteiger charge is -2.27. The summed E-state index contributed by atoms with van der Waals surface area (Å²) in [4.78, 5) is 11.9. The first-order chi connectivity index (χ1) is 8.63. The number of ketones is 1. The number of nitrogens with two attached hydrogens (primary N) is 1. The Balaban J connectivity index is 2.13. The van der Waals surface area contributed by atoms with Crippen molar-refractivity contribution < 1.29 is 4.79 Å². The van der Waals surface area contributed by atoms with E-state index in [9.17, 15) is 4.79 Å². The molecule has 18 heavy (non-hydrogen) atoms. The van der Waals surface area contributed by atoms with Crippen molar-refractivity contribution in [2.75, 3.05) is 0 Å². The summed E-state index contributed by atoms with van der Waals surface area (Å²) in [6.07, 6.45) is 7.51. The molecule has 0 bridgehead atoms. The second-order valence-corrected chi connectivity index (χ2v) is 5.33. The Labute approximate surface area is 109 Å². The molecule has 0 radical (unpaired) electrons. The molecule has 0 aliphatic heterocycles. The van der Waals surface area contributed by atoms with Gasteiger partial charge in [-0.05, 0) is 39.0 Å². The summed E-state index contributed by atoms with van der Waals surface area (Å²) in [5.74, 6) is 0.216. The number of rotatable bonds is 4. The molecule has 0 saturated heterocycles. The van der Waals surface area contributed by atoms with Crippen LogP contribution in [0.25, 0.3) is 0 Å². The van der Waals surface area contributed by atoms with Crippen molar-refractivity contribution in [3.63, 3.8) is 0 Å². The molecule has 1 aromatic rings. The molecule has 0 amide bonds. The summed E-state index contributed by atoms with van der Waals surface area (Å²) < 4.78 is 2.04. The van der Waals surface area contributed by atoms with Crippen molar-refractivity contribution >= 4 is 5.78 Å². The summed E-state index contributed by atoms with van der Waals surface area (Å²) in [5, 5.41) is 4.42. The molecule has 2 rings (SSSR count). The van der Waals surface area contributed by atoms with Gasteiger partial charge in [0.2, 0.25) is 0 Å². The van der Waals surface area contributed by atoms with Gasteiger partial charge in [0.05, 0.1) is 17.8 Å². The molecule has 1 aliphatic rings. The topological polar surface area (TPSA) is 60.9 Å². The molecular weight excluding hydrogens is 226 g/mol. The fraction of sp³-hybridized carbons (Fsp3) is 0.714. The maximum absolute atomic E-state index is 11.9. The maximum Gasteiger partial charge on any atom is 0.166 e. The van der Waals surface area contributed by atoms with Gasteiger partial charge in [-0.3, -0.25) is 9.48 Å². The number of Topliss-reactive ketones (excluding diaryl/α,β-unsaturated/α-hetero) is 1. The van der Waals surface area contributed by atoms with Crippen LogP contribution in [0.5, 0.6) is 0 Å². The number of hydrogen-bond acceptors (Lipinski definition) is 3. The van der Waals surface area contributed by atoms with Gasteiger partial charge in [0.15, 0.2) is 5.78 Å². The smallest absolute Gasteiger partial charge is 0.166 e. The lowest BCUT2D eigenvalue weighted by Crippen LogP contribution is -2.28. The fourth-order valence-corrected chi connectivity index (χ4v) is 2.77. The summed E-state index contributed by atoms with van der Waals surface area (Å²) in [7, 11) is 0. The zero-order chi connectivity index (χ0) is 13.1. The lowest BCUT2D eigenvalue weighted by atomic mass is 9.92. The van der Waals surface area contributed by atoms with Crippen molar-refractivity contribution in [2.24, 2.45) is 5.73 Å². The third kappa shape index (κ3) is 2.64. The molecule has 1 aromatic heterocycles. The Morgan fingerprint density at radius 1 is 1.44 bits per heavy atom. The zero-order valence-corrected chi connectivity index (χ0v) is 11.4. The summed E-state index contributed by atoms with van der Waals surface area (Å²) in [6, 6.07) is 0.770. The molecule has 0 aromatic carbocycles. The van der Waals surface area contributed by atoms with E-state index in [1.54, 1.807) is 6.20 Å². The van der Waals surface area contributed by atoms with Crippen LogP contribution in [0.4, 0.5) is 0 Å². The molecule has 0 atom stereocenters. The molecule has 1 fully saturated rings. The molecular formula is C14H23N3O. The van der Waals surface area contributed by atoms with Gasteiger partial charge in [-0.1, -0.05) is 6.92 Å². The van der Waals surface area contributed by atoms with Crippen LogP contribution >= 0.6 is 0 Å². The molecule has 1 heterocycles. The largest absolute Gasteiger partial charge is 0.328 e. The van der Waals surface area contributed by atoms with Gasteiger partial charge in [-0.2, -0.15) is 5.10 Å². The van der Waals surface area contributed by atoms with Crippen molar-refractivity contribution in [1.29, 1.82) is 0 Å². The van der Waals surface area contributed by atoms with Gasteiger partial charge in [0.1, 0.15) is 0 Å². The summed E-state index contributed by atoms with van der Waals surface area (Å²) >= 11 is 0. The van der Waals surface area contributed by atoms with E-state index in [1.807, 2.05) is 18.5 Å². The van der Waals surface area contributed by atoms with Gasteiger partial charge in [0, 0.05) is 18.2 Å². The molecule has 1 aliphatic carbocycles. The number of carbonyl (C=O) groups excluding carboxylic acids is 1. The Morgan fingerprint density at radius 3 is 2.72 bits per heavy atom. The number of hydrogen-bond donors (Lipinski definition) is 1. The Hall–Kier alpha value is -1.16. The van der Waals surface area contributed by atoms with Gasteiger partial charge in [-0.25, -0.2) is 0 Å². The number of nitrogens with zero attached hydrogens (tertiary/aromatic N) is 2. The average molecular weight is 249 g/mol. The maximum atomic E-state index is 11.9. The normalized spacial score (nSPS) is 24.2. The Bertz CT molecular complexity index is 417. The molecule has 2 N–H and O–H groups in total. The monoisotopic (exact) mass is 249 g/mol. The Morgan fingerprint density at radius 2 is 2.11 bits per heavy atom. The van der Waals surface area contributed by atoms with Crippen LogP contribution in [0.2, 0.25) is 0 Å². The minimum atomic E-state index is 0.216. The van der Waals surface area contributed by atoms with Gasteiger partial charge >= 0.3 is 0 Å². The van der Waals surface area contributed by atoms with E-state index in [4.69, 9.17) is 5.73 Å². The predicted molar refractivity (Wildman–Crippen MR) is 71.7 cm³/mol. The molecule has 0 unspecified atom stereocenters. The second kappa shape index (κ2) is 5.65. The molecule has 1 saturated carbocycles. The van der Waals surface area contributed by atoms with E-state index in [0.717, 1.165) is 43.4 Å². The molecule has 4 heteroatoms. The molecule has 4 nitrogen and oxygen atoms in total. The highest BCUT2D eigenvalue weighted by Gasteiger charge is 2.23. The number of carbonyl (C=O) groups is 1. The molecule has 100 valence electrons. The lowest BCUT2D eigenvalue weighted by molar-refractivity contribution is 0.0981. The highest BCUT2D eigenvalue weighted by Crippen LogP contribution is 2.29. The minimum Gasteiger partial charge on any atom is -0.328 e. The zero-order valence-electron chi connectivity index (χ0n) is 11.4. The van der Waals surface area contributed by atoms with E-state index >= 15 is 0 Å². The minimum absolute atomic E-state index is 0.216. The van der Waals surface area contributed by atoms with Crippen molar-refractivity contribution in [1.82, 2.24) is 9.78 Å². The Kier molecular flexibility index (Phi) is 4.17. The van der Waals surface area contributed by atoms with E-state index in [-0.39, 0.29) is 5.78 Å². The van der Waals surface area contributed by atoms with E-state index in [1.165, 1.54) is 0 Å². The molecule has 0 spiro atoms. The summed E-state index contributed by atoms with van der Waals surface area (Å²) in [5.41, 5.74) is 7.74. The van der Waals surface area contributed by atoms with Crippen molar-refractivity contribution in [3.05, 3.63) is 17.5 Å². The predicted octanol–water partition coefficient (Wildman–Crippen LogP) is 2.62. The van der Waals surface area contributed by atoms with Crippen LogP contribution in [0.15, 0.2) is 6.20 Å². The van der Waals surface area contributed by atoms with Gasteiger partial charge < -0.3 is 5.73 Å². The van der Waals surface area contributed by atoms with Crippen molar-refractivity contribution in [3.8, 4) is 0 Å². The first-order valence-corrected chi connectivity index (χ1v) is 6.96. The first kappa shape index (κ1) is 13.3. The average Bonchev–Trinajstić information content (AvgIpc) is 2.73. The number of aromatic nitrogens is 2. The second-order valence-electron chi connectivity index (χ2n) is 5.33. The van der Waals surface area contributed by atoms with Crippen LogP contribution in [-0.4, -0.2) is 21.6 Å². The highest BCUT2D eigenvalue weighted by molar-refractivity contribution is 5.96. The third-order valence-corrected chi connectivity index (χ3v) is 3.91. The van der Waals surface area contributed by atoms with Crippen LogP contribution in [0.3, 0.4) is 0 Å². The van der Waals surface area contributed by atoms with Gasteiger partial charge in [-0.15, -0.1) is 0 Å². The standard InChI is InChI=1S/C14H23N3O/c1-3-4-14(18)13-9-16-17(10(13)2)12-7-5-11(15)6-8-12/h9,11-12H,3-8,15H2,1-2H3/t11-,12-. The van der Waals surface area contributed by atoms with Crippen LogP contribution in [0, 0.1) is 6.92 Å².